The van der Waals surface area contributed by atoms with Gasteiger partial charge in [-0.3, -0.25) is 4.79 Å². The highest BCUT2D eigenvalue weighted by molar-refractivity contribution is 6.31. The summed E-state index contributed by atoms with van der Waals surface area (Å²) in [5.41, 5.74) is 1.87. The molecule has 0 radical (unpaired) electrons. The highest BCUT2D eigenvalue weighted by Gasteiger charge is 2.09. The maximum Gasteiger partial charge on any atom is 0.255 e. The molecule has 92 valence electrons. The molecule has 0 aromatic heterocycles. The van der Waals surface area contributed by atoms with Crippen LogP contribution in [-0.4, -0.2) is 11.0 Å². The topological polar surface area (TPSA) is 49.3 Å². The summed E-state index contributed by atoms with van der Waals surface area (Å²) < 4.78 is 0. The smallest absolute Gasteiger partial charge is 0.255 e. The van der Waals surface area contributed by atoms with Gasteiger partial charge >= 0.3 is 0 Å². The van der Waals surface area contributed by atoms with Crippen LogP contribution in [-0.2, 0) is 0 Å². The fourth-order valence-corrected chi connectivity index (χ4v) is 1.76. The van der Waals surface area contributed by atoms with Gasteiger partial charge in [0.25, 0.3) is 5.91 Å². The van der Waals surface area contributed by atoms with E-state index in [9.17, 15) is 9.90 Å². The van der Waals surface area contributed by atoms with Crippen LogP contribution in [0.2, 0.25) is 5.02 Å². The number of amides is 1. The van der Waals surface area contributed by atoms with Gasteiger partial charge in [-0.2, -0.15) is 0 Å². The molecule has 0 aliphatic carbocycles. The first-order chi connectivity index (χ1) is 8.58. The number of nitrogens with one attached hydrogen (secondary N) is 1. The molecular weight excluding hydrogens is 250 g/mol. The molecule has 0 fully saturated rings. The van der Waals surface area contributed by atoms with Crippen molar-refractivity contribution in [3.8, 4) is 5.75 Å². The van der Waals surface area contributed by atoms with Crippen molar-refractivity contribution in [1.29, 1.82) is 0 Å². The number of aromatic hydroxyl groups is 1. The molecule has 2 N–H and O–H groups in total. The molecular formula is C14H12ClNO2. The van der Waals surface area contributed by atoms with Gasteiger partial charge in [-0.05, 0) is 42.8 Å². The average Bonchev–Trinajstić information content (AvgIpc) is 2.35. The first-order valence-electron chi connectivity index (χ1n) is 5.43. The number of hydrogen-bond donors (Lipinski definition) is 2. The summed E-state index contributed by atoms with van der Waals surface area (Å²) in [5.74, 6) is -0.221. The predicted octanol–water partition coefficient (Wildman–Crippen LogP) is 3.61. The molecule has 2 aromatic rings. The van der Waals surface area contributed by atoms with E-state index in [4.69, 9.17) is 11.6 Å². The van der Waals surface area contributed by atoms with E-state index in [0.29, 0.717) is 16.3 Å². The summed E-state index contributed by atoms with van der Waals surface area (Å²) in [7, 11) is 0. The molecule has 2 aromatic carbocycles. The van der Waals surface area contributed by atoms with E-state index in [1.807, 2.05) is 6.92 Å². The lowest BCUT2D eigenvalue weighted by Gasteiger charge is -2.09. The molecule has 2 rings (SSSR count). The normalized spacial score (nSPS) is 10.1. The highest BCUT2D eigenvalue weighted by Crippen LogP contribution is 2.23. The van der Waals surface area contributed by atoms with Gasteiger partial charge in [0.15, 0.2) is 0 Å². The Morgan fingerprint density at radius 3 is 2.67 bits per heavy atom. The second-order valence-corrected chi connectivity index (χ2v) is 4.32. The number of benzene rings is 2. The number of phenols is 1. The minimum Gasteiger partial charge on any atom is -0.508 e. The second-order valence-electron chi connectivity index (χ2n) is 3.92. The van der Waals surface area contributed by atoms with Crippen molar-refractivity contribution < 1.29 is 9.90 Å². The Balaban J connectivity index is 2.24. The monoisotopic (exact) mass is 261 g/mol. The van der Waals surface area contributed by atoms with E-state index in [1.54, 1.807) is 30.3 Å². The summed E-state index contributed by atoms with van der Waals surface area (Å²) in [6, 6.07) is 11.5. The van der Waals surface area contributed by atoms with Crippen LogP contribution in [0.3, 0.4) is 0 Å². The van der Waals surface area contributed by atoms with E-state index in [1.165, 1.54) is 12.1 Å². The number of phenolic OH excluding ortho intramolecular Hbond substituents is 1. The van der Waals surface area contributed by atoms with Gasteiger partial charge < -0.3 is 10.4 Å². The Bertz CT molecular complexity index is 596. The molecule has 0 saturated carbocycles. The first kappa shape index (κ1) is 12.5. The van der Waals surface area contributed by atoms with Crippen LogP contribution in [0.1, 0.15) is 15.9 Å². The number of hydrogen-bond acceptors (Lipinski definition) is 2. The van der Waals surface area contributed by atoms with E-state index in [0.717, 1.165) is 5.56 Å². The number of anilines is 1. The molecule has 18 heavy (non-hydrogen) atoms. The molecule has 0 aliphatic heterocycles. The van der Waals surface area contributed by atoms with Crippen LogP contribution in [0, 0.1) is 6.92 Å². The molecule has 4 heteroatoms. The Labute approximate surface area is 110 Å². The number of carbonyl (C=O) groups excluding carboxylic acids is 1. The van der Waals surface area contributed by atoms with E-state index >= 15 is 0 Å². The fraction of sp³-hybridized carbons (Fsp3) is 0.0714. The Hall–Kier alpha value is -2.00. The van der Waals surface area contributed by atoms with Crippen LogP contribution in [0.4, 0.5) is 5.69 Å². The van der Waals surface area contributed by atoms with Gasteiger partial charge in [-0.25, -0.2) is 0 Å². The standard InChI is InChI=1S/C14H12ClNO2/c1-9-12(15)6-3-7-13(9)16-14(18)10-4-2-5-11(17)8-10/h2-8,17H,1H3,(H,16,18). The predicted molar refractivity (Wildman–Crippen MR) is 72.2 cm³/mol. The minimum absolute atomic E-state index is 0.0606. The lowest BCUT2D eigenvalue weighted by Crippen LogP contribution is -2.12. The van der Waals surface area contributed by atoms with E-state index in [-0.39, 0.29) is 11.7 Å². The Morgan fingerprint density at radius 2 is 1.94 bits per heavy atom. The third kappa shape index (κ3) is 2.63. The molecule has 0 heterocycles. The van der Waals surface area contributed by atoms with Crippen LogP contribution in [0.5, 0.6) is 5.75 Å². The van der Waals surface area contributed by atoms with Crippen LogP contribution in [0.15, 0.2) is 42.5 Å². The SMILES string of the molecule is Cc1c(Cl)cccc1NC(=O)c1cccc(O)c1. The lowest BCUT2D eigenvalue weighted by atomic mass is 10.1. The van der Waals surface area contributed by atoms with E-state index < -0.39 is 0 Å². The van der Waals surface area contributed by atoms with Crippen LogP contribution in [0.25, 0.3) is 0 Å². The summed E-state index contributed by atoms with van der Waals surface area (Å²) in [4.78, 5) is 12.0. The first-order valence-corrected chi connectivity index (χ1v) is 5.81. The zero-order chi connectivity index (χ0) is 13.1. The van der Waals surface area contributed by atoms with E-state index in [2.05, 4.69) is 5.32 Å². The molecule has 0 spiro atoms. The molecule has 3 nitrogen and oxygen atoms in total. The Morgan fingerprint density at radius 1 is 1.22 bits per heavy atom. The van der Waals surface area contributed by atoms with Crippen molar-refractivity contribution in [2.45, 2.75) is 6.92 Å². The van der Waals surface area contributed by atoms with Crippen molar-refractivity contribution in [2.24, 2.45) is 0 Å². The molecule has 0 unspecified atom stereocenters. The second kappa shape index (κ2) is 5.10. The summed E-state index contributed by atoms with van der Waals surface area (Å²) in [6.07, 6.45) is 0. The zero-order valence-corrected chi connectivity index (χ0v) is 10.5. The Kier molecular flexibility index (Phi) is 3.53. The summed E-state index contributed by atoms with van der Waals surface area (Å²) >= 11 is 5.98. The van der Waals surface area contributed by atoms with Gasteiger partial charge in [-0.15, -0.1) is 0 Å². The summed E-state index contributed by atoms with van der Waals surface area (Å²) in [5, 5.41) is 12.7. The fourth-order valence-electron chi connectivity index (χ4n) is 1.58. The van der Waals surface area contributed by atoms with Crippen molar-refractivity contribution in [3.05, 3.63) is 58.6 Å². The van der Waals surface area contributed by atoms with Crippen molar-refractivity contribution in [2.75, 3.05) is 5.32 Å². The van der Waals surface area contributed by atoms with Gasteiger partial charge in [0.1, 0.15) is 5.75 Å². The van der Waals surface area contributed by atoms with Crippen LogP contribution >= 0.6 is 11.6 Å². The van der Waals surface area contributed by atoms with Gasteiger partial charge in [0.05, 0.1) is 0 Å². The lowest BCUT2D eigenvalue weighted by molar-refractivity contribution is 0.102. The molecule has 0 atom stereocenters. The average molecular weight is 262 g/mol. The van der Waals surface area contributed by atoms with Crippen molar-refractivity contribution in [1.82, 2.24) is 0 Å². The highest BCUT2D eigenvalue weighted by atomic mass is 35.5. The zero-order valence-electron chi connectivity index (χ0n) is 9.77. The van der Waals surface area contributed by atoms with Crippen LogP contribution < -0.4 is 5.32 Å². The minimum atomic E-state index is -0.281. The third-order valence-electron chi connectivity index (χ3n) is 2.62. The maximum absolute atomic E-state index is 12.0. The molecule has 0 saturated heterocycles. The molecule has 0 aliphatic rings. The number of rotatable bonds is 2. The van der Waals surface area contributed by atoms with Crippen molar-refractivity contribution in [3.63, 3.8) is 0 Å². The molecule has 0 bridgehead atoms. The molecule has 1 amide bonds. The third-order valence-corrected chi connectivity index (χ3v) is 3.03. The maximum atomic E-state index is 12.0. The van der Waals surface area contributed by atoms with Crippen molar-refractivity contribution >= 4 is 23.2 Å². The quantitative estimate of drug-likeness (QED) is 0.868. The van der Waals surface area contributed by atoms with Gasteiger partial charge in [0, 0.05) is 16.3 Å². The van der Waals surface area contributed by atoms with Gasteiger partial charge in [0.2, 0.25) is 0 Å². The largest absolute Gasteiger partial charge is 0.508 e. The summed E-state index contributed by atoms with van der Waals surface area (Å²) in [6.45, 7) is 1.83. The van der Waals surface area contributed by atoms with Gasteiger partial charge in [-0.1, -0.05) is 23.7 Å². The number of carbonyl (C=O) groups is 1. The number of halogens is 1.